The van der Waals surface area contributed by atoms with Crippen LogP contribution < -0.4 is 0 Å². The van der Waals surface area contributed by atoms with E-state index < -0.39 is 0 Å². The summed E-state index contributed by atoms with van der Waals surface area (Å²) in [5, 5.41) is 0. The number of rotatable bonds is 13. The van der Waals surface area contributed by atoms with E-state index in [4.69, 9.17) is 9.47 Å². The number of unbranched alkanes of at least 4 members (excludes halogenated alkanes) is 10. The molecule has 1 atom stereocenters. The maximum atomic E-state index is 6.02. The molecule has 41 heavy (non-hydrogen) atoms. The molecule has 0 aromatic heterocycles. The molecule has 2 rings (SSSR count). The first-order valence-electron chi connectivity index (χ1n) is 17.6. The Labute approximate surface area is 260 Å². The number of hydrogen-bond donors (Lipinski definition) is 0. The molecule has 2 heterocycles. The molecule has 244 valence electrons. The van der Waals surface area contributed by atoms with Gasteiger partial charge in [-0.15, -0.1) is 0 Å². The minimum absolute atomic E-state index is 0.0650. The van der Waals surface area contributed by atoms with Gasteiger partial charge in [-0.3, -0.25) is 0 Å². The first kappa shape index (κ1) is 42.0. The molecule has 1 unspecified atom stereocenters. The summed E-state index contributed by atoms with van der Waals surface area (Å²) < 4.78 is 11.7. The highest BCUT2D eigenvalue weighted by atomic mass is 16.5. The second-order valence-electron chi connectivity index (χ2n) is 13.7. The van der Waals surface area contributed by atoms with Crippen molar-refractivity contribution in [3.63, 3.8) is 0 Å². The molecule has 0 aromatic rings. The largest absolute Gasteiger partial charge is 0.493 e. The molecule has 2 heteroatoms. The van der Waals surface area contributed by atoms with E-state index in [0.29, 0.717) is 0 Å². The minimum atomic E-state index is 0.0650. The normalized spacial score (nSPS) is 19.3. The second kappa shape index (κ2) is 25.3. The Bertz CT molecular complexity index is 696. The van der Waals surface area contributed by atoms with Crippen molar-refractivity contribution in [2.45, 2.75) is 217 Å². The Balaban J connectivity index is 0. The zero-order valence-electron chi connectivity index (χ0n) is 30.6. The standard InChI is InChI=1S/C14H24O.C9H16O.2C8H18/c1-11(2)7-6-9-14(5)10-8-12(3)13(4)15-14;1-7-5-6-9(3,4)10-8(7)2;2*1-3-5-7-8-6-4-2/h7H,6,8-10H2,1-5H3;5-6H2,1-4H3;2*3-8H2,1-2H3. The van der Waals surface area contributed by atoms with E-state index in [0.717, 1.165) is 37.2 Å². The Morgan fingerprint density at radius 3 is 1.32 bits per heavy atom. The third-order valence-electron chi connectivity index (χ3n) is 8.30. The van der Waals surface area contributed by atoms with Crippen LogP contribution >= 0.6 is 0 Å². The van der Waals surface area contributed by atoms with Crippen LogP contribution in [0.25, 0.3) is 0 Å². The van der Waals surface area contributed by atoms with Crippen LogP contribution in [0, 0.1) is 0 Å². The summed E-state index contributed by atoms with van der Waals surface area (Å²) in [7, 11) is 0. The van der Waals surface area contributed by atoms with E-state index in [1.807, 2.05) is 0 Å². The quantitative estimate of drug-likeness (QED) is 0.160. The lowest BCUT2D eigenvalue weighted by molar-refractivity contribution is -0.00873. The molecule has 2 aliphatic rings. The summed E-state index contributed by atoms with van der Waals surface area (Å²) >= 11 is 0. The first-order valence-corrected chi connectivity index (χ1v) is 17.6. The fourth-order valence-corrected chi connectivity index (χ4v) is 4.90. The van der Waals surface area contributed by atoms with E-state index in [1.54, 1.807) is 0 Å². The predicted octanol–water partition coefficient (Wildman–Crippen LogP) is 14.2. The van der Waals surface area contributed by atoms with Crippen LogP contribution in [0.1, 0.15) is 206 Å². The van der Waals surface area contributed by atoms with Crippen molar-refractivity contribution in [2.75, 3.05) is 0 Å². The molecule has 0 amide bonds. The van der Waals surface area contributed by atoms with Crippen molar-refractivity contribution in [1.82, 2.24) is 0 Å². The fraction of sp³-hybridized carbons (Fsp3) is 0.846. The molecule has 0 aliphatic carbocycles. The number of allylic oxidation sites excluding steroid dienone is 6. The van der Waals surface area contributed by atoms with Gasteiger partial charge in [-0.2, -0.15) is 0 Å². The molecule has 0 saturated carbocycles. The average molecular weight is 577 g/mol. The van der Waals surface area contributed by atoms with E-state index in [-0.39, 0.29) is 11.2 Å². The van der Waals surface area contributed by atoms with Gasteiger partial charge < -0.3 is 9.47 Å². The van der Waals surface area contributed by atoms with Crippen molar-refractivity contribution in [1.29, 1.82) is 0 Å². The SMILES string of the molecule is CC(C)=CCCC1(C)CCC(C)=C(C)O1.CC1=C(C)OC(C)(C)CC1.CCCCCCCC.CCCCCCCC. The molecule has 0 N–H and O–H groups in total. The monoisotopic (exact) mass is 577 g/mol. The van der Waals surface area contributed by atoms with Crippen molar-refractivity contribution in [3.05, 3.63) is 34.3 Å². The van der Waals surface area contributed by atoms with Crippen LogP contribution in [0.4, 0.5) is 0 Å². The van der Waals surface area contributed by atoms with Crippen molar-refractivity contribution in [3.8, 4) is 0 Å². The highest BCUT2D eigenvalue weighted by Gasteiger charge is 2.29. The Hall–Kier alpha value is -1.18. The Morgan fingerprint density at radius 2 is 1.00 bits per heavy atom. The van der Waals surface area contributed by atoms with Gasteiger partial charge in [0.2, 0.25) is 0 Å². The molecular formula is C39H76O2. The zero-order valence-corrected chi connectivity index (χ0v) is 30.6. The maximum Gasteiger partial charge on any atom is 0.106 e. The predicted molar refractivity (Wildman–Crippen MR) is 187 cm³/mol. The van der Waals surface area contributed by atoms with Crippen molar-refractivity contribution >= 4 is 0 Å². The van der Waals surface area contributed by atoms with Crippen LogP contribution in [0.3, 0.4) is 0 Å². The zero-order chi connectivity index (χ0) is 31.7. The van der Waals surface area contributed by atoms with Gasteiger partial charge in [0.05, 0.1) is 11.5 Å². The third kappa shape index (κ3) is 25.1. The summed E-state index contributed by atoms with van der Waals surface area (Å²) in [6, 6.07) is 0. The summed E-state index contributed by atoms with van der Waals surface area (Å²) in [5.74, 6) is 2.26. The summed E-state index contributed by atoms with van der Waals surface area (Å²) in [5.41, 5.74) is 4.35. The Morgan fingerprint density at radius 1 is 0.610 bits per heavy atom. The molecule has 2 nitrogen and oxygen atoms in total. The molecule has 0 spiro atoms. The number of ether oxygens (including phenoxy) is 2. The third-order valence-corrected chi connectivity index (χ3v) is 8.30. The van der Waals surface area contributed by atoms with Gasteiger partial charge in [-0.25, -0.2) is 0 Å². The van der Waals surface area contributed by atoms with E-state index in [1.165, 1.54) is 107 Å². The molecule has 0 radical (unpaired) electrons. The second-order valence-corrected chi connectivity index (χ2v) is 13.7. The lowest BCUT2D eigenvalue weighted by Crippen LogP contribution is -2.31. The van der Waals surface area contributed by atoms with Gasteiger partial charge in [0.25, 0.3) is 0 Å². The lowest BCUT2D eigenvalue weighted by atomic mass is 9.89. The molecule has 0 aromatic carbocycles. The average Bonchev–Trinajstić information content (AvgIpc) is 2.90. The van der Waals surface area contributed by atoms with Gasteiger partial charge >= 0.3 is 0 Å². The lowest BCUT2D eigenvalue weighted by Gasteiger charge is -2.35. The highest BCUT2D eigenvalue weighted by molar-refractivity contribution is 5.10. The Kier molecular flexibility index (Phi) is 25.9. The molecule has 0 saturated heterocycles. The summed E-state index contributed by atoms with van der Waals surface area (Å²) in [4.78, 5) is 0. The van der Waals surface area contributed by atoms with Crippen molar-refractivity contribution in [2.24, 2.45) is 0 Å². The highest BCUT2D eigenvalue weighted by Crippen LogP contribution is 2.34. The van der Waals surface area contributed by atoms with Crippen LogP contribution in [0.5, 0.6) is 0 Å². The van der Waals surface area contributed by atoms with Gasteiger partial charge in [-0.05, 0) is 112 Å². The molecular weight excluding hydrogens is 500 g/mol. The van der Waals surface area contributed by atoms with Gasteiger partial charge in [0.1, 0.15) is 11.2 Å². The van der Waals surface area contributed by atoms with Gasteiger partial charge in [0, 0.05) is 0 Å². The van der Waals surface area contributed by atoms with Crippen LogP contribution in [-0.2, 0) is 9.47 Å². The summed E-state index contributed by atoms with van der Waals surface area (Å²) in [6.07, 6.45) is 26.2. The first-order chi connectivity index (χ1) is 19.3. The van der Waals surface area contributed by atoms with Gasteiger partial charge in [0.15, 0.2) is 0 Å². The van der Waals surface area contributed by atoms with Crippen LogP contribution in [0.2, 0.25) is 0 Å². The van der Waals surface area contributed by atoms with Crippen LogP contribution in [0.15, 0.2) is 34.3 Å². The minimum Gasteiger partial charge on any atom is -0.493 e. The van der Waals surface area contributed by atoms with E-state index in [9.17, 15) is 0 Å². The van der Waals surface area contributed by atoms with E-state index in [2.05, 4.69) is 96.1 Å². The van der Waals surface area contributed by atoms with Crippen molar-refractivity contribution < 1.29 is 9.47 Å². The molecule has 0 fully saturated rings. The smallest absolute Gasteiger partial charge is 0.106 e. The van der Waals surface area contributed by atoms with E-state index >= 15 is 0 Å². The maximum absolute atomic E-state index is 6.02. The van der Waals surface area contributed by atoms with Gasteiger partial charge in [-0.1, -0.05) is 116 Å². The topological polar surface area (TPSA) is 18.5 Å². The molecule has 2 aliphatic heterocycles. The number of hydrogen-bond acceptors (Lipinski definition) is 2. The fourth-order valence-electron chi connectivity index (χ4n) is 4.90. The summed E-state index contributed by atoms with van der Waals surface area (Å²) in [6.45, 7) is 28.3. The van der Waals surface area contributed by atoms with Crippen LogP contribution in [-0.4, -0.2) is 11.2 Å². The molecule has 0 bridgehead atoms.